The number of benzene rings is 3. The first-order chi connectivity index (χ1) is 10.3. The molecule has 0 fully saturated rings. The first-order valence-corrected chi connectivity index (χ1v) is 7.74. The van der Waals surface area contributed by atoms with E-state index in [-0.39, 0.29) is 0 Å². The summed E-state index contributed by atoms with van der Waals surface area (Å²) in [5, 5.41) is 5.05. The number of rotatable bonds is 0. The highest BCUT2D eigenvalue weighted by Gasteiger charge is 2.12. The quantitative estimate of drug-likeness (QED) is 0.405. The third-order valence-electron chi connectivity index (χ3n) is 4.21. The lowest BCUT2D eigenvalue weighted by Crippen LogP contribution is -2.06. The van der Waals surface area contributed by atoms with E-state index in [0.29, 0.717) is 0 Å². The third-order valence-corrected chi connectivity index (χ3v) is 5.34. The van der Waals surface area contributed by atoms with Crippen molar-refractivity contribution in [2.45, 2.75) is 0 Å². The van der Waals surface area contributed by atoms with Gasteiger partial charge in [0.25, 0.3) is 0 Å². The summed E-state index contributed by atoms with van der Waals surface area (Å²) in [6.07, 6.45) is 0. The molecule has 2 aromatic heterocycles. The molecule has 2 nitrogen and oxygen atoms in total. The van der Waals surface area contributed by atoms with Crippen LogP contribution in [-0.2, 0) is 0 Å². The minimum atomic E-state index is 1.08. The fourth-order valence-electron chi connectivity index (χ4n) is 3.22. The Labute approximate surface area is 125 Å². The maximum Gasteiger partial charge on any atom is 0.0710 e. The van der Waals surface area contributed by atoms with Crippen LogP contribution in [0.15, 0.2) is 60.7 Å². The number of nitrogens with two attached hydrogens (primary N) is 1. The van der Waals surface area contributed by atoms with E-state index in [1.165, 1.54) is 30.9 Å². The fourth-order valence-corrected chi connectivity index (χ4v) is 4.34. The van der Waals surface area contributed by atoms with Crippen molar-refractivity contribution < 1.29 is 0 Å². The number of para-hydroxylation sites is 1. The lowest BCUT2D eigenvalue weighted by atomic mass is 10.1. The average Bonchev–Trinajstić information content (AvgIpc) is 3.02. The highest BCUT2D eigenvalue weighted by molar-refractivity contribution is 7.25. The molecule has 21 heavy (non-hydrogen) atoms. The van der Waals surface area contributed by atoms with Crippen LogP contribution in [0.5, 0.6) is 0 Å². The minimum absolute atomic E-state index is 1.08. The second kappa shape index (κ2) is 3.77. The zero-order valence-corrected chi connectivity index (χ0v) is 12.0. The van der Waals surface area contributed by atoms with Crippen LogP contribution < -0.4 is 5.84 Å². The van der Waals surface area contributed by atoms with E-state index in [9.17, 15) is 0 Å². The van der Waals surface area contributed by atoms with Gasteiger partial charge < -0.3 is 5.84 Å². The predicted octanol–water partition coefficient (Wildman–Crippen LogP) is 4.88. The smallest absolute Gasteiger partial charge is 0.0710 e. The zero-order chi connectivity index (χ0) is 14.0. The SMILES string of the molecule is Nn1c2ccccc2c2cc3sc4ccccc4c3cc21. The topological polar surface area (TPSA) is 30.9 Å². The second-order valence-corrected chi connectivity index (χ2v) is 6.43. The molecule has 5 aromatic rings. The summed E-state index contributed by atoms with van der Waals surface area (Å²) in [7, 11) is 0. The Hall–Kier alpha value is -2.52. The largest absolute Gasteiger partial charge is 0.339 e. The minimum Gasteiger partial charge on any atom is -0.339 e. The van der Waals surface area contributed by atoms with E-state index in [0.717, 1.165) is 11.0 Å². The number of hydrogen-bond donors (Lipinski definition) is 1. The summed E-state index contributed by atoms with van der Waals surface area (Å²) >= 11 is 1.84. The molecule has 100 valence electrons. The molecule has 0 amide bonds. The van der Waals surface area contributed by atoms with E-state index in [1.807, 2.05) is 17.4 Å². The summed E-state index contributed by atoms with van der Waals surface area (Å²) in [5.74, 6) is 6.30. The molecule has 0 atom stereocenters. The van der Waals surface area contributed by atoms with Gasteiger partial charge in [0.05, 0.1) is 11.0 Å². The Balaban J connectivity index is 2.08. The van der Waals surface area contributed by atoms with E-state index in [1.54, 1.807) is 4.68 Å². The van der Waals surface area contributed by atoms with Crippen molar-refractivity contribution >= 4 is 53.3 Å². The summed E-state index contributed by atoms with van der Waals surface area (Å²) in [4.78, 5) is 0. The molecule has 0 saturated carbocycles. The number of aromatic nitrogens is 1. The van der Waals surface area contributed by atoms with Gasteiger partial charge in [-0.15, -0.1) is 11.3 Å². The summed E-state index contributed by atoms with van der Waals surface area (Å²) in [5.41, 5.74) is 2.17. The van der Waals surface area contributed by atoms with Gasteiger partial charge in [-0.25, -0.2) is 0 Å². The Morgan fingerprint density at radius 1 is 0.667 bits per heavy atom. The second-order valence-electron chi connectivity index (χ2n) is 5.35. The molecular formula is C18H12N2S. The van der Waals surface area contributed by atoms with Crippen LogP contribution in [0.25, 0.3) is 42.0 Å². The first kappa shape index (κ1) is 11.2. The Morgan fingerprint density at radius 2 is 1.43 bits per heavy atom. The van der Waals surface area contributed by atoms with Crippen LogP contribution in [0.4, 0.5) is 0 Å². The molecule has 0 bridgehead atoms. The van der Waals surface area contributed by atoms with E-state index >= 15 is 0 Å². The van der Waals surface area contributed by atoms with Gasteiger partial charge in [-0.1, -0.05) is 36.4 Å². The number of hydrogen-bond acceptors (Lipinski definition) is 2. The van der Waals surface area contributed by atoms with Gasteiger partial charge in [-0.05, 0) is 24.3 Å². The lowest BCUT2D eigenvalue weighted by Gasteiger charge is -1.98. The molecule has 0 aliphatic heterocycles. The summed E-state index contributed by atoms with van der Waals surface area (Å²) in [6, 6.07) is 21.4. The molecule has 2 heterocycles. The number of thiophene rings is 1. The monoisotopic (exact) mass is 288 g/mol. The van der Waals surface area contributed by atoms with Crippen LogP contribution in [-0.4, -0.2) is 4.68 Å². The maximum atomic E-state index is 6.30. The molecule has 0 radical (unpaired) electrons. The zero-order valence-electron chi connectivity index (χ0n) is 11.2. The number of nitrogens with zero attached hydrogens (tertiary/aromatic N) is 1. The van der Waals surface area contributed by atoms with E-state index < -0.39 is 0 Å². The van der Waals surface area contributed by atoms with Crippen molar-refractivity contribution in [1.82, 2.24) is 4.68 Å². The summed E-state index contributed by atoms with van der Waals surface area (Å²) in [6.45, 7) is 0. The molecule has 0 aliphatic rings. The molecule has 0 unspecified atom stereocenters. The van der Waals surface area contributed by atoms with Crippen LogP contribution in [0, 0.1) is 0 Å². The van der Waals surface area contributed by atoms with Gasteiger partial charge in [-0.3, -0.25) is 4.68 Å². The van der Waals surface area contributed by atoms with E-state index in [4.69, 9.17) is 5.84 Å². The van der Waals surface area contributed by atoms with Crippen LogP contribution in [0.2, 0.25) is 0 Å². The molecule has 0 spiro atoms. The van der Waals surface area contributed by atoms with Crippen molar-refractivity contribution in [2.75, 3.05) is 5.84 Å². The highest BCUT2D eigenvalue weighted by atomic mass is 32.1. The van der Waals surface area contributed by atoms with Gasteiger partial charge in [0.15, 0.2) is 0 Å². The predicted molar refractivity (Wildman–Crippen MR) is 92.5 cm³/mol. The van der Waals surface area contributed by atoms with Crippen LogP contribution in [0.3, 0.4) is 0 Å². The van der Waals surface area contributed by atoms with Crippen molar-refractivity contribution in [1.29, 1.82) is 0 Å². The standard InChI is InChI=1S/C18H12N2S/c19-20-15-7-3-1-5-11(15)13-10-18-14(9-16(13)20)12-6-2-4-8-17(12)21-18/h1-10H,19H2. The van der Waals surface area contributed by atoms with Crippen molar-refractivity contribution in [3.8, 4) is 0 Å². The van der Waals surface area contributed by atoms with E-state index in [2.05, 4.69) is 54.6 Å². The van der Waals surface area contributed by atoms with Gasteiger partial charge >= 0.3 is 0 Å². The van der Waals surface area contributed by atoms with Crippen molar-refractivity contribution in [3.63, 3.8) is 0 Å². The van der Waals surface area contributed by atoms with Gasteiger partial charge in [0, 0.05) is 30.9 Å². The molecule has 5 rings (SSSR count). The van der Waals surface area contributed by atoms with Crippen molar-refractivity contribution in [2.24, 2.45) is 0 Å². The van der Waals surface area contributed by atoms with Gasteiger partial charge in [0.2, 0.25) is 0 Å². The maximum absolute atomic E-state index is 6.30. The molecule has 2 N–H and O–H groups in total. The first-order valence-electron chi connectivity index (χ1n) is 6.92. The molecular weight excluding hydrogens is 276 g/mol. The Bertz CT molecular complexity index is 1150. The molecule has 0 aliphatic carbocycles. The molecule has 3 aromatic carbocycles. The molecule has 3 heteroatoms. The number of nitrogen functional groups attached to an aromatic ring is 1. The Kier molecular flexibility index (Phi) is 2.01. The van der Waals surface area contributed by atoms with Gasteiger partial charge in [-0.2, -0.15) is 0 Å². The fraction of sp³-hybridized carbons (Fsp3) is 0. The van der Waals surface area contributed by atoms with Gasteiger partial charge in [0.1, 0.15) is 0 Å². The Morgan fingerprint density at radius 3 is 2.33 bits per heavy atom. The summed E-state index contributed by atoms with van der Waals surface area (Å²) < 4.78 is 4.45. The highest BCUT2D eigenvalue weighted by Crippen LogP contribution is 2.38. The van der Waals surface area contributed by atoms with Crippen LogP contribution in [0.1, 0.15) is 0 Å². The van der Waals surface area contributed by atoms with Crippen LogP contribution >= 0.6 is 11.3 Å². The van der Waals surface area contributed by atoms with Crippen molar-refractivity contribution in [3.05, 3.63) is 60.7 Å². The normalized spacial score (nSPS) is 12.0. The lowest BCUT2D eigenvalue weighted by molar-refractivity contribution is 1.12. The molecule has 0 saturated heterocycles. The average molecular weight is 288 g/mol. The number of fused-ring (bicyclic) bond motifs is 6. The third kappa shape index (κ3) is 1.36.